The number of halogens is 1. The number of hydrogen-bond acceptors (Lipinski definition) is 4. The van der Waals surface area contributed by atoms with Crippen LogP contribution in [0.25, 0.3) is 0 Å². The van der Waals surface area contributed by atoms with Crippen LogP contribution in [-0.2, 0) is 14.3 Å². The molecule has 2 aromatic rings. The van der Waals surface area contributed by atoms with Crippen LogP contribution in [0, 0.1) is 5.41 Å². The highest BCUT2D eigenvalue weighted by molar-refractivity contribution is 9.10. The molecule has 1 saturated heterocycles. The van der Waals surface area contributed by atoms with Gasteiger partial charge in [-0.25, -0.2) is 0 Å². The predicted molar refractivity (Wildman–Crippen MR) is 98.5 cm³/mol. The lowest BCUT2D eigenvalue weighted by molar-refractivity contribution is -0.226. The van der Waals surface area contributed by atoms with Crippen molar-refractivity contribution in [3.05, 3.63) is 58.6 Å². The van der Waals surface area contributed by atoms with E-state index in [1.807, 2.05) is 31.2 Å². The molecular formula is C19H20BrNO4. The standard InChI is InChI=1S/C19H20BrNO4/c1-19(18(22)21-15-7-9-16(23-2)10-8-15)11-24-17(25-12-19)13-3-5-14(20)6-4-13/h3-10,17H,11-12H2,1-2H3,(H,21,22). The van der Waals surface area contributed by atoms with Gasteiger partial charge in [0.15, 0.2) is 6.29 Å². The summed E-state index contributed by atoms with van der Waals surface area (Å²) in [5.41, 5.74) is 0.897. The van der Waals surface area contributed by atoms with Gasteiger partial charge in [-0.1, -0.05) is 28.1 Å². The molecular weight excluding hydrogens is 386 g/mol. The predicted octanol–water partition coefficient (Wildman–Crippen LogP) is 4.15. The summed E-state index contributed by atoms with van der Waals surface area (Å²) < 4.78 is 17.7. The first-order valence-corrected chi connectivity index (χ1v) is 8.74. The van der Waals surface area contributed by atoms with Gasteiger partial charge in [0.05, 0.1) is 25.7 Å². The second-order valence-electron chi connectivity index (χ2n) is 6.25. The molecule has 0 aromatic heterocycles. The number of amides is 1. The lowest BCUT2D eigenvalue weighted by Crippen LogP contribution is -2.45. The molecule has 1 N–H and O–H groups in total. The Balaban J connectivity index is 1.60. The van der Waals surface area contributed by atoms with E-state index in [-0.39, 0.29) is 19.1 Å². The van der Waals surface area contributed by atoms with Gasteiger partial charge >= 0.3 is 0 Å². The molecule has 25 heavy (non-hydrogen) atoms. The van der Waals surface area contributed by atoms with Gasteiger partial charge in [0, 0.05) is 15.7 Å². The molecule has 1 aliphatic rings. The number of methoxy groups -OCH3 is 1. The first-order chi connectivity index (χ1) is 12.0. The number of anilines is 1. The van der Waals surface area contributed by atoms with Crippen LogP contribution in [0.2, 0.25) is 0 Å². The van der Waals surface area contributed by atoms with Crippen molar-refractivity contribution in [3.8, 4) is 5.75 Å². The fourth-order valence-corrected chi connectivity index (χ4v) is 2.77. The Bertz CT molecular complexity index is 722. The Morgan fingerprint density at radius 3 is 2.28 bits per heavy atom. The van der Waals surface area contributed by atoms with E-state index in [0.29, 0.717) is 5.69 Å². The van der Waals surface area contributed by atoms with E-state index in [0.717, 1.165) is 15.8 Å². The molecule has 132 valence electrons. The molecule has 5 nitrogen and oxygen atoms in total. The van der Waals surface area contributed by atoms with Crippen molar-refractivity contribution < 1.29 is 19.0 Å². The number of ether oxygens (including phenoxy) is 3. The first kappa shape index (κ1) is 17.9. The molecule has 0 saturated carbocycles. The SMILES string of the molecule is COc1ccc(NC(=O)C2(C)COC(c3ccc(Br)cc3)OC2)cc1. The number of nitrogens with one attached hydrogen (secondary N) is 1. The van der Waals surface area contributed by atoms with Crippen molar-refractivity contribution in [2.75, 3.05) is 25.6 Å². The number of rotatable bonds is 4. The molecule has 0 atom stereocenters. The number of carbonyl (C=O) groups excluding carboxylic acids is 1. The van der Waals surface area contributed by atoms with Gasteiger partial charge in [0.1, 0.15) is 5.75 Å². The third kappa shape index (κ3) is 4.21. The zero-order valence-corrected chi connectivity index (χ0v) is 15.7. The maximum atomic E-state index is 12.6. The van der Waals surface area contributed by atoms with Crippen LogP contribution >= 0.6 is 15.9 Å². The Kier molecular flexibility index (Phi) is 5.42. The number of hydrogen-bond donors (Lipinski definition) is 1. The molecule has 1 amide bonds. The summed E-state index contributed by atoms with van der Waals surface area (Å²) in [6.45, 7) is 2.41. The van der Waals surface area contributed by atoms with Crippen LogP contribution in [0.1, 0.15) is 18.8 Å². The molecule has 1 heterocycles. The average Bonchev–Trinajstić information content (AvgIpc) is 2.64. The minimum Gasteiger partial charge on any atom is -0.497 e. The average molecular weight is 406 g/mol. The summed E-state index contributed by atoms with van der Waals surface area (Å²) in [7, 11) is 1.60. The highest BCUT2D eigenvalue weighted by Gasteiger charge is 2.39. The molecule has 1 fully saturated rings. The van der Waals surface area contributed by atoms with Crippen LogP contribution < -0.4 is 10.1 Å². The molecule has 0 spiro atoms. The van der Waals surface area contributed by atoms with Gasteiger partial charge in [-0.2, -0.15) is 0 Å². The maximum Gasteiger partial charge on any atom is 0.234 e. The third-order valence-corrected chi connectivity index (χ3v) is 4.67. The summed E-state index contributed by atoms with van der Waals surface area (Å²) >= 11 is 3.40. The molecule has 3 rings (SSSR count). The van der Waals surface area contributed by atoms with Crippen molar-refractivity contribution in [1.82, 2.24) is 0 Å². The van der Waals surface area contributed by atoms with Gasteiger partial charge in [-0.05, 0) is 43.3 Å². The summed E-state index contributed by atoms with van der Waals surface area (Å²) in [6, 6.07) is 15.0. The van der Waals surface area contributed by atoms with Crippen molar-refractivity contribution in [2.24, 2.45) is 5.41 Å². The number of benzene rings is 2. The minimum absolute atomic E-state index is 0.132. The van der Waals surface area contributed by atoms with Gasteiger partial charge in [-0.3, -0.25) is 4.79 Å². The van der Waals surface area contributed by atoms with E-state index in [1.165, 1.54) is 0 Å². The van der Waals surface area contributed by atoms with Gasteiger partial charge in [-0.15, -0.1) is 0 Å². The second kappa shape index (κ2) is 7.56. The molecule has 0 unspecified atom stereocenters. The van der Waals surface area contributed by atoms with Crippen LogP contribution in [0.5, 0.6) is 5.75 Å². The minimum atomic E-state index is -0.744. The zero-order chi connectivity index (χ0) is 17.9. The van der Waals surface area contributed by atoms with Gasteiger partial charge in [0.2, 0.25) is 5.91 Å². The van der Waals surface area contributed by atoms with Gasteiger partial charge in [0.25, 0.3) is 0 Å². The molecule has 1 aliphatic heterocycles. The van der Waals surface area contributed by atoms with E-state index >= 15 is 0 Å². The van der Waals surface area contributed by atoms with Crippen molar-refractivity contribution in [2.45, 2.75) is 13.2 Å². The second-order valence-corrected chi connectivity index (χ2v) is 7.16. The van der Waals surface area contributed by atoms with E-state index in [4.69, 9.17) is 14.2 Å². The van der Waals surface area contributed by atoms with Crippen molar-refractivity contribution in [1.29, 1.82) is 0 Å². The van der Waals surface area contributed by atoms with E-state index in [9.17, 15) is 4.79 Å². The highest BCUT2D eigenvalue weighted by Crippen LogP contribution is 2.33. The van der Waals surface area contributed by atoms with Crippen LogP contribution in [0.3, 0.4) is 0 Å². The topological polar surface area (TPSA) is 56.8 Å². The third-order valence-electron chi connectivity index (χ3n) is 4.14. The Hall–Kier alpha value is -1.89. The molecule has 6 heteroatoms. The maximum absolute atomic E-state index is 12.6. The quantitative estimate of drug-likeness (QED) is 0.829. The van der Waals surface area contributed by atoms with E-state index in [1.54, 1.807) is 31.4 Å². The van der Waals surface area contributed by atoms with Crippen molar-refractivity contribution >= 4 is 27.5 Å². The molecule has 2 aromatic carbocycles. The Labute approximate surface area is 155 Å². The molecule has 0 bridgehead atoms. The fraction of sp³-hybridized carbons (Fsp3) is 0.316. The highest BCUT2D eigenvalue weighted by atomic mass is 79.9. The zero-order valence-electron chi connectivity index (χ0n) is 14.1. The smallest absolute Gasteiger partial charge is 0.234 e. The summed E-state index contributed by atoms with van der Waals surface area (Å²) in [5.74, 6) is 0.609. The Morgan fingerprint density at radius 1 is 1.12 bits per heavy atom. The Morgan fingerprint density at radius 2 is 1.72 bits per heavy atom. The molecule has 0 radical (unpaired) electrons. The lowest BCUT2D eigenvalue weighted by atomic mass is 9.90. The monoisotopic (exact) mass is 405 g/mol. The number of carbonyl (C=O) groups is 1. The van der Waals surface area contributed by atoms with Crippen LogP contribution in [0.4, 0.5) is 5.69 Å². The normalized spacial score (nSPS) is 23.1. The fourth-order valence-electron chi connectivity index (χ4n) is 2.51. The lowest BCUT2D eigenvalue weighted by Gasteiger charge is -2.36. The summed E-state index contributed by atoms with van der Waals surface area (Å²) in [4.78, 5) is 12.6. The van der Waals surface area contributed by atoms with Crippen LogP contribution in [-0.4, -0.2) is 26.2 Å². The summed E-state index contributed by atoms with van der Waals surface area (Å²) in [5, 5.41) is 2.90. The van der Waals surface area contributed by atoms with E-state index < -0.39 is 11.7 Å². The molecule has 0 aliphatic carbocycles. The van der Waals surface area contributed by atoms with Crippen LogP contribution in [0.15, 0.2) is 53.0 Å². The van der Waals surface area contributed by atoms with Crippen molar-refractivity contribution in [3.63, 3.8) is 0 Å². The largest absolute Gasteiger partial charge is 0.497 e. The van der Waals surface area contributed by atoms with Gasteiger partial charge < -0.3 is 19.5 Å². The first-order valence-electron chi connectivity index (χ1n) is 7.94. The summed E-state index contributed by atoms with van der Waals surface area (Å²) in [6.07, 6.45) is -0.449. The van der Waals surface area contributed by atoms with E-state index in [2.05, 4.69) is 21.2 Å².